The number of terminal acetylenes is 1. The number of thioether (sulfide) groups is 1. The predicted octanol–water partition coefficient (Wildman–Crippen LogP) is 7.67. The van der Waals surface area contributed by atoms with E-state index in [1.54, 1.807) is 11.0 Å². The monoisotopic (exact) mass is 682 g/mol. The first kappa shape index (κ1) is 34.7. The molecule has 1 fully saturated rings. The molecule has 2 aliphatic carbocycles. The Morgan fingerprint density at radius 1 is 0.860 bits per heavy atom. The summed E-state index contributed by atoms with van der Waals surface area (Å²) in [6.45, 7) is 4.02. The maximum Gasteiger partial charge on any atom is 0.329 e. The number of halogens is 1. The van der Waals surface area contributed by atoms with Crippen LogP contribution < -0.4 is 5.32 Å². The lowest BCUT2D eigenvalue weighted by atomic mass is 9.76. The fourth-order valence-corrected chi connectivity index (χ4v) is 7.58. The fourth-order valence-electron chi connectivity index (χ4n) is 6.54. The van der Waals surface area contributed by atoms with Crippen LogP contribution in [0.4, 0.5) is 4.39 Å². The van der Waals surface area contributed by atoms with Crippen molar-refractivity contribution in [2.45, 2.75) is 43.5 Å². The van der Waals surface area contributed by atoms with Crippen LogP contribution in [-0.2, 0) is 26.5 Å². The van der Waals surface area contributed by atoms with Crippen LogP contribution in [0.25, 0.3) is 0 Å². The highest BCUT2D eigenvalue weighted by molar-refractivity contribution is 8.00. The molecule has 3 atom stereocenters. The van der Waals surface area contributed by atoms with Crippen LogP contribution in [0.3, 0.4) is 0 Å². The number of ether oxygens (including phenoxy) is 1. The molecule has 0 bridgehead atoms. The first-order chi connectivity index (χ1) is 24.3. The molecule has 0 saturated carbocycles. The average molecular weight is 683 g/mol. The Labute approximate surface area is 297 Å². The van der Waals surface area contributed by atoms with Crippen LogP contribution in [0.5, 0.6) is 0 Å². The summed E-state index contributed by atoms with van der Waals surface area (Å²) in [6, 6.07) is 43.9. The lowest BCUT2D eigenvalue weighted by molar-refractivity contribution is -0.168. The number of hydrogen-bond donors (Lipinski definition) is 1. The van der Waals surface area contributed by atoms with E-state index < -0.39 is 23.6 Å². The van der Waals surface area contributed by atoms with Gasteiger partial charge in [0, 0.05) is 5.22 Å². The van der Waals surface area contributed by atoms with Crippen molar-refractivity contribution in [2.75, 3.05) is 5.75 Å². The average Bonchev–Trinajstić information content (AvgIpc) is 3.15. The van der Waals surface area contributed by atoms with Crippen LogP contribution in [0.2, 0.25) is 0 Å². The van der Waals surface area contributed by atoms with Crippen molar-refractivity contribution >= 4 is 23.6 Å². The molecular formula is C43H39FN2O3S. The van der Waals surface area contributed by atoms with Crippen molar-refractivity contribution in [3.05, 3.63) is 178 Å². The second kappa shape index (κ2) is 15.6. The molecule has 1 heterocycles. The fraction of sp³-hybridized carbons (Fsp3) is 0.209. The standard InChI is InChI=1S/C37H36N2O3S.C6H3F/c1-4-25-43-35-32(34(40)39(35)33(27(2)3)36(41)42-26-28-17-9-5-10-18-28)38-37(29-19-11-6-12-20-29,30-21-13-7-14-22-30)31-23-15-8-16-24-31;7-6-3-4-1-2-5(4)6/h1,5-24,27,32-33,35,38H,25-26H2,2-3H3;1-3H. The van der Waals surface area contributed by atoms with E-state index in [9.17, 15) is 14.0 Å². The number of carbonyl (C=O) groups excluding carboxylic acids is 2. The molecule has 1 saturated heterocycles. The molecule has 0 radical (unpaired) electrons. The molecule has 0 aromatic heterocycles. The van der Waals surface area contributed by atoms with Gasteiger partial charge in [-0.05, 0) is 39.5 Å². The Bertz CT molecular complexity index is 1960. The van der Waals surface area contributed by atoms with Gasteiger partial charge in [0.1, 0.15) is 29.9 Å². The van der Waals surface area contributed by atoms with Crippen molar-refractivity contribution in [1.82, 2.24) is 10.2 Å². The Morgan fingerprint density at radius 3 is 1.76 bits per heavy atom. The highest BCUT2D eigenvalue weighted by Crippen LogP contribution is 2.42. The van der Waals surface area contributed by atoms with E-state index in [1.165, 1.54) is 17.8 Å². The molecule has 3 aliphatic rings. The minimum atomic E-state index is -0.841. The van der Waals surface area contributed by atoms with E-state index in [-0.39, 0.29) is 29.6 Å². The van der Waals surface area contributed by atoms with Crippen LogP contribution in [-0.4, -0.2) is 40.0 Å². The van der Waals surface area contributed by atoms with Gasteiger partial charge in [-0.2, -0.15) is 0 Å². The Morgan fingerprint density at radius 2 is 1.38 bits per heavy atom. The molecule has 50 heavy (non-hydrogen) atoms. The molecule has 1 N–H and O–H groups in total. The van der Waals surface area contributed by atoms with Gasteiger partial charge in [0.2, 0.25) is 5.91 Å². The van der Waals surface area contributed by atoms with Crippen LogP contribution in [0.15, 0.2) is 140 Å². The van der Waals surface area contributed by atoms with E-state index in [1.807, 2.05) is 105 Å². The molecule has 7 rings (SSSR count). The summed E-state index contributed by atoms with van der Waals surface area (Å²) in [4.78, 5) is 29.4. The Balaban J connectivity index is 0.000000542. The molecule has 4 aromatic rings. The van der Waals surface area contributed by atoms with Crippen molar-refractivity contribution in [1.29, 1.82) is 0 Å². The third-order valence-corrected chi connectivity index (χ3v) is 10.3. The number of hydrogen-bond acceptors (Lipinski definition) is 5. The second-order valence-electron chi connectivity index (χ2n) is 12.6. The summed E-state index contributed by atoms with van der Waals surface area (Å²) in [5, 5.41) is 5.31. The first-order valence-electron chi connectivity index (χ1n) is 16.7. The molecule has 5 nitrogen and oxygen atoms in total. The van der Waals surface area contributed by atoms with Gasteiger partial charge in [0.05, 0.1) is 11.3 Å². The van der Waals surface area contributed by atoms with Gasteiger partial charge in [0.15, 0.2) is 0 Å². The smallest absolute Gasteiger partial charge is 0.329 e. The van der Waals surface area contributed by atoms with Crippen LogP contribution in [0.1, 0.15) is 36.1 Å². The number of rotatable bonds is 12. The molecule has 7 heteroatoms. The Kier molecular flexibility index (Phi) is 10.8. The zero-order chi connectivity index (χ0) is 35.1. The minimum Gasteiger partial charge on any atom is -0.459 e. The van der Waals surface area contributed by atoms with E-state index >= 15 is 0 Å². The maximum atomic E-state index is 14.2. The van der Waals surface area contributed by atoms with Crippen molar-refractivity contribution in [2.24, 2.45) is 5.92 Å². The van der Waals surface area contributed by atoms with Crippen molar-refractivity contribution in [3.8, 4) is 12.3 Å². The first-order valence-corrected chi connectivity index (χ1v) is 17.7. The molecule has 3 unspecified atom stereocenters. The predicted molar refractivity (Wildman–Crippen MR) is 197 cm³/mol. The maximum absolute atomic E-state index is 14.2. The normalized spacial score (nSPS) is 16.4. The van der Waals surface area contributed by atoms with E-state index in [4.69, 9.17) is 11.2 Å². The zero-order valence-corrected chi connectivity index (χ0v) is 28.9. The van der Waals surface area contributed by atoms with Gasteiger partial charge in [-0.1, -0.05) is 153 Å². The number of nitrogens with one attached hydrogen (secondary N) is 1. The zero-order valence-electron chi connectivity index (χ0n) is 28.0. The van der Waals surface area contributed by atoms with Crippen molar-refractivity contribution < 1.29 is 18.7 Å². The topological polar surface area (TPSA) is 58.6 Å². The summed E-state index contributed by atoms with van der Waals surface area (Å²) in [7, 11) is 0. The summed E-state index contributed by atoms with van der Waals surface area (Å²) >= 11 is 1.49. The highest BCUT2D eigenvalue weighted by atomic mass is 32.2. The van der Waals surface area contributed by atoms with Gasteiger partial charge in [-0.25, -0.2) is 9.18 Å². The molecule has 1 aliphatic heterocycles. The largest absolute Gasteiger partial charge is 0.459 e. The van der Waals surface area contributed by atoms with E-state index in [0.29, 0.717) is 5.75 Å². The number of amides is 1. The number of carbonyl (C=O) groups is 2. The van der Waals surface area contributed by atoms with Gasteiger partial charge in [-0.15, -0.1) is 18.2 Å². The number of nitrogens with zero attached hydrogens (tertiary/aromatic N) is 1. The van der Waals surface area contributed by atoms with Gasteiger partial charge < -0.3 is 9.64 Å². The quantitative estimate of drug-likeness (QED) is 0.0622. The van der Waals surface area contributed by atoms with Crippen LogP contribution >= 0.6 is 11.8 Å². The summed E-state index contributed by atoms with van der Waals surface area (Å²) in [5.41, 5.74) is 3.06. The summed E-state index contributed by atoms with van der Waals surface area (Å²) in [5.74, 6) is 2.30. The molecule has 252 valence electrons. The Hall–Kier alpha value is -5.16. The van der Waals surface area contributed by atoms with Crippen molar-refractivity contribution in [3.63, 3.8) is 0 Å². The SMILES string of the molecule is C#CCSC1C(NC(c2ccccc2)(c2ccccc2)c2ccccc2)C(=O)N1C(C(=O)OCc1ccccc1)C(C)C.Fc1cc2ccc1=2. The van der Waals surface area contributed by atoms with Crippen LogP contribution in [0, 0.1) is 34.5 Å². The number of β-lactam (4-membered cyclic amide) rings is 1. The van der Waals surface area contributed by atoms with Gasteiger partial charge in [-0.3, -0.25) is 10.1 Å². The van der Waals surface area contributed by atoms with Gasteiger partial charge >= 0.3 is 5.97 Å². The lowest BCUT2D eigenvalue weighted by Gasteiger charge is -2.53. The number of benzene rings is 5. The highest BCUT2D eigenvalue weighted by Gasteiger charge is 2.56. The third kappa shape index (κ3) is 6.96. The summed E-state index contributed by atoms with van der Waals surface area (Å²) < 4.78 is 17.7. The number of likely N-dealkylation sites (tertiary alicyclic amines) is 1. The lowest BCUT2D eigenvalue weighted by Crippen LogP contribution is -2.75. The molecule has 1 amide bonds. The van der Waals surface area contributed by atoms with E-state index in [0.717, 1.165) is 32.7 Å². The van der Waals surface area contributed by atoms with Gasteiger partial charge in [0.25, 0.3) is 0 Å². The minimum absolute atomic E-state index is 0.0579. The van der Waals surface area contributed by atoms with E-state index in [2.05, 4.69) is 47.6 Å². The second-order valence-corrected chi connectivity index (χ2v) is 13.7. The molecule has 4 aromatic carbocycles. The number of esters is 1. The molecular weight excluding hydrogens is 644 g/mol. The third-order valence-electron chi connectivity index (χ3n) is 9.09. The summed E-state index contributed by atoms with van der Waals surface area (Å²) in [6.07, 6.45) is 5.70. The molecule has 0 spiro atoms.